The number of nitrogens with zero attached hydrogens (tertiary/aromatic N) is 1. The molecule has 90 valence electrons. The van der Waals surface area contributed by atoms with Gasteiger partial charge in [0, 0.05) is 13.2 Å². The third-order valence-corrected chi connectivity index (χ3v) is 2.51. The molecule has 16 heavy (non-hydrogen) atoms. The number of nitrogens with one attached hydrogen (secondary N) is 1. The quantitative estimate of drug-likeness (QED) is 0.789. The molecule has 1 rings (SSSR count). The van der Waals surface area contributed by atoms with E-state index in [2.05, 4.69) is 10.5 Å². The molecule has 1 aromatic rings. The molecule has 1 amide bonds. The maximum atomic E-state index is 11.7. The van der Waals surface area contributed by atoms with Crippen molar-refractivity contribution in [1.82, 2.24) is 10.5 Å². The van der Waals surface area contributed by atoms with E-state index in [-0.39, 0.29) is 17.9 Å². The Morgan fingerprint density at radius 3 is 2.81 bits per heavy atom. The molecule has 1 heterocycles. The zero-order valence-electron chi connectivity index (χ0n) is 9.91. The first kappa shape index (κ1) is 12.7. The minimum atomic E-state index is -0.190. The summed E-state index contributed by atoms with van der Waals surface area (Å²) in [7, 11) is 0. The molecule has 0 saturated carbocycles. The number of rotatable bonds is 5. The minimum absolute atomic E-state index is 0.116. The van der Waals surface area contributed by atoms with Crippen LogP contribution in [0.1, 0.15) is 36.4 Å². The van der Waals surface area contributed by atoms with E-state index in [1.807, 2.05) is 13.8 Å². The van der Waals surface area contributed by atoms with E-state index in [9.17, 15) is 4.79 Å². The fourth-order valence-corrected chi connectivity index (χ4v) is 1.32. The molecule has 0 aromatic carbocycles. The lowest BCUT2D eigenvalue weighted by molar-refractivity contribution is 0.0926. The van der Waals surface area contributed by atoms with Crippen LogP contribution in [-0.4, -0.2) is 29.3 Å². The molecule has 0 aliphatic heterocycles. The maximum absolute atomic E-state index is 11.7. The predicted molar refractivity (Wildman–Crippen MR) is 59.1 cm³/mol. The molecule has 2 N–H and O–H groups in total. The Morgan fingerprint density at radius 1 is 1.62 bits per heavy atom. The van der Waals surface area contributed by atoms with E-state index in [1.54, 1.807) is 6.92 Å². The van der Waals surface area contributed by atoms with Gasteiger partial charge in [-0.05, 0) is 18.8 Å². The molecule has 5 nitrogen and oxygen atoms in total. The van der Waals surface area contributed by atoms with Crippen molar-refractivity contribution in [2.45, 2.75) is 27.2 Å². The van der Waals surface area contributed by atoms with Gasteiger partial charge in [0.05, 0.1) is 6.20 Å². The van der Waals surface area contributed by atoms with Crippen molar-refractivity contribution >= 4 is 5.91 Å². The summed E-state index contributed by atoms with van der Waals surface area (Å²) < 4.78 is 4.81. The maximum Gasteiger partial charge on any atom is 0.256 e. The number of hydrogen-bond donors (Lipinski definition) is 2. The van der Waals surface area contributed by atoms with Crippen LogP contribution in [0, 0.1) is 12.3 Å². The summed E-state index contributed by atoms with van der Waals surface area (Å²) in [5, 5.41) is 15.2. The lowest BCUT2D eigenvalue weighted by Crippen LogP contribution is -2.34. The molecule has 0 aliphatic rings. The van der Waals surface area contributed by atoms with Gasteiger partial charge in [-0.3, -0.25) is 4.79 Å². The average molecular weight is 226 g/mol. The second-order valence-electron chi connectivity index (χ2n) is 4.62. The molecule has 0 saturated heterocycles. The number of carbonyl (C=O) groups excluding carboxylic acids is 1. The molecule has 0 fully saturated rings. The molecule has 0 atom stereocenters. The monoisotopic (exact) mass is 226 g/mol. The highest BCUT2D eigenvalue weighted by atomic mass is 16.5. The van der Waals surface area contributed by atoms with Gasteiger partial charge in [0.25, 0.3) is 5.91 Å². The van der Waals surface area contributed by atoms with Crippen LogP contribution < -0.4 is 5.32 Å². The van der Waals surface area contributed by atoms with Crippen LogP contribution in [0.2, 0.25) is 0 Å². The van der Waals surface area contributed by atoms with Crippen LogP contribution >= 0.6 is 0 Å². The number of aromatic nitrogens is 1. The van der Waals surface area contributed by atoms with Crippen molar-refractivity contribution in [3.05, 3.63) is 17.5 Å². The zero-order chi connectivity index (χ0) is 12.2. The van der Waals surface area contributed by atoms with E-state index in [0.29, 0.717) is 24.3 Å². The Hall–Kier alpha value is -1.36. The van der Waals surface area contributed by atoms with Gasteiger partial charge < -0.3 is 14.9 Å². The second-order valence-corrected chi connectivity index (χ2v) is 4.62. The van der Waals surface area contributed by atoms with Gasteiger partial charge in [0.1, 0.15) is 11.3 Å². The summed E-state index contributed by atoms with van der Waals surface area (Å²) in [6.07, 6.45) is 2.06. The Morgan fingerprint density at radius 2 is 2.31 bits per heavy atom. The first-order chi connectivity index (χ1) is 7.46. The van der Waals surface area contributed by atoms with Crippen LogP contribution in [0.4, 0.5) is 0 Å². The van der Waals surface area contributed by atoms with Gasteiger partial charge in [-0.2, -0.15) is 0 Å². The van der Waals surface area contributed by atoms with Crippen molar-refractivity contribution < 1.29 is 14.4 Å². The smallest absolute Gasteiger partial charge is 0.256 e. The van der Waals surface area contributed by atoms with Crippen LogP contribution in [0.25, 0.3) is 0 Å². The standard InChI is InChI=1S/C11H18N2O3/c1-8-9(6-13-16-8)10(15)12-7-11(2,3)4-5-14/h6,14H,4-5,7H2,1-3H3,(H,12,15). The first-order valence-corrected chi connectivity index (χ1v) is 5.26. The highest BCUT2D eigenvalue weighted by Gasteiger charge is 2.20. The van der Waals surface area contributed by atoms with Crippen LogP contribution in [0.15, 0.2) is 10.7 Å². The molecule has 0 aliphatic carbocycles. The SMILES string of the molecule is Cc1oncc1C(=O)NCC(C)(C)CCO. The summed E-state index contributed by atoms with van der Waals surface area (Å²) in [6.45, 7) is 6.31. The van der Waals surface area contributed by atoms with Crippen molar-refractivity contribution in [3.63, 3.8) is 0 Å². The van der Waals surface area contributed by atoms with Gasteiger partial charge in [-0.1, -0.05) is 19.0 Å². The largest absolute Gasteiger partial charge is 0.396 e. The summed E-state index contributed by atoms with van der Waals surface area (Å²) in [5.74, 6) is 0.322. The molecule has 0 radical (unpaired) electrons. The third-order valence-electron chi connectivity index (χ3n) is 2.51. The molecule has 0 unspecified atom stereocenters. The summed E-state index contributed by atoms with van der Waals surface area (Å²) >= 11 is 0. The molecule has 1 aromatic heterocycles. The van der Waals surface area contributed by atoms with Crippen molar-refractivity contribution in [1.29, 1.82) is 0 Å². The normalized spacial score (nSPS) is 11.5. The molecular formula is C11H18N2O3. The lowest BCUT2D eigenvalue weighted by atomic mass is 9.89. The van der Waals surface area contributed by atoms with Gasteiger partial charge >= 0.3 is 0 Å². The first-order valence-electron chi connectivity index (χ1n) is 5.26. The highest BCUT2D eigenvalue weighted by molar-refractivity contribution is 5.94. The van der Waals surface area contributed by atoms with Crippen LogP contribution in [0.3, 0.4) is 0 Å². The summed E-state index contributed by atoms with van der Waals surface area (Å²) in [4.78, 5) is 11.7. The predicted octanol–water partition coefficient (Wildman–Crippen LogP) is 1.12. The number of hydrogen-bond acceptors (Lipinski definition) is 4. The van der Waals surface area contributed by atoms with Gasteiger partial charge in [-0.25, -0.2) is 0 Å². The number of aliphatic hydroxyl groups is 1. The van der Waals surface area contributed by atoms with E-state index >= 15 is 0 Å². The molecule has 0 bridgehead atoms. The topological polar surface area (TPSA) is 75.4 Å². The molecule has 5 heteroatoms. The van der Waals surface area contributed by atoms with Crippen LogP contribution in [-0.2, 0) is 0 Å². The van der Waals surface area contributed by atoms with Crippen molar-refractivity contribution in [2.75, 3.05) is 13.2 Å². The number of carbonyl (C=O) groups is 1. The highest BCUT2D eigenvalue weighted by Crippen LogP contribution is 2.18. The summed E-state index contributed by atoms with van der Waals surface area (Å²) in [5.41, 5.74) is 0.343. The fourth-order valence-electron chi connectivity index (χ4n) is 1.32. The van der Waals surface area contributed by atoms with E-state index in [1.165, 1.54) is 6.20 Å². The number of amides is 1. The summed E-state index contributed by atoms with van der Waals surface area (Å²) in [6, 6.07) is 0. The van der Waals surface area contributed by atoms with Gasteiger partial charge in [0.2, 0.25) is 0 Å². The van der Waals surface area contributed by atoms with Gasteiger partial charge in [0.15, 0.2) is 0 Å². The zero-order valence-corrected chi connectivity index (χ0v) is 9.91. The average Bonchev–Trinajstić information content (AvgIpc) is 2.61. The van der Waals surface area contributed by atoms with E-state index < -0.39 is 0 Å². The van der Waals surface area contributed by atoms with E-state index in [4.69, 9.17) is 9.63 Å². The van der Waals surface area contributed by atoms with E-state index in [0.717, 1.165) is 0 Å². The van der Waals surface area contributed by atoms with Gasteiger partial charge in [-0.15, -0.1) is 0 Å². The Bertz CT molecular complexity index is 358. The number of aryl methyl sites for hydroxylation is 1. The lowest BCUT2D eigenvalue weighted by Gasteiger charge is -2.23. The fraction of sp³-hybridized carbons (Fsp3) is 0.636. The second kappa shape index (κ2) is 5.12. The van der Waals surface area contributed by atoms with Crippen LogP contribution in [0.5, 0.6) is 0 Å². The Labute approximate surface area is 94.8 Å². The Kier molecular flexibility index (Phi) is 4.06. The Balaban J connectivity index is 2.51. The minimum Gasteiger partial charge on any atom is -0.396 e. The van der Waals surface area contributed by atoms with Crippen molar-refractivity contribution in [2.24, 2.45) is 5.41 Å². The van der Waals surface area contributed by atoms with Crippen molar-refractivity contribution in [3.8, 4) is 0 Å². The third kappa shape index (κ3) is 3.34. The molecular weight excluding hydrogens is 208 g/mol. The molecule has 0 spiro atoms. The number of aliphatic hydroxyl groups excluding tert-OH is 1.